The summed E-state index contributed by atoms with van der Waals surface area (Å²) in [6.07, 6.45) is 3.03. The molecule has 3 aromatic carbocycles. The van der Waals surface area contributed by atoms with Gasteiger partial charge in [0.1, 0.15) is 0 Å². The van der Waals surface area contributed by atoms with E-state index in [1.807, 2.05) is 42.5 Å². The summed E-state index contributed by atoms with van der Waals surface area (Å²) in [6.45, 7) is 0. The molecule has 0 atom stereocenters. The molecule has 0 spiro atoms. The van der Waals surface area contributed by atoms with Crippen molar-refractivity contribution in [3.8, 4) is 0 Å². The lowest BCUT2D eigenvalue weighted by atomic mass is 10.0. The number of methoxy groups -OCH3 is 1. The van der Waals surface area contributed by atoms with Gasteiger partial charge >= 0.3 is 5.97 Å². The van der Waals surface area contributed by atoms with Gasteiger partial charge in [0.05, 0.1) is 19.1 Å². The Bertz CT molecular complexity index is 1070. The van der Waals surface area contributed by atoms with Crippen LogP contribution in [0.2, 0.25) is 0 Å². The van der Waals surface area contributed by atoms with Gasteiger partial charge in [0.25, 0.3) is 5.91 Å². The van der Waals surface area contributed by atoms with E-state index in [2.05, 4.69) is 15.6 Å². The van der Waals surface area contributed by atoms with Crippen molar-refractivity contribution >= 4 is 34.6 Å². The van der Waals surface area contributed by atoms with Crippen LogP contribution in [-0.2, 0) is 20.7 Å². The van der Waals surface area contributed by atoms with E-state index in [0.29, 0.717) is 5.56 Å². The molecule has 0 aliphatic rings. The molecule has 0 aromatic heterocycles. The largest absolute Gasteiger partial charge is 0.465 e. The van der Waals surface area contributed by atoms with Gasteiger partial charge in [0, 0.05) is 6.08 Å². The minimum Gasteiger partial charge on any atom is -0.465 e. The second-order valence-electron chi connectivity index (χ2n) is 6.30. The molecule has 0 aliphatic carbocycles. The number of fused-ring (bicyclic) bond motifs is 1. The van der Waals surface area contributed by atoms with Crippen LogP contribution in [-0.4, -0.2) is 24.9 Å². The van der Waals surface area contributed by atoms with E-state index < -0.39 is 11.9 Å². The fraction of sp³-hybridized carbons (Fsp3) is 0.0870. The maximum Gasteiger partial charge on any atom is 0.337 e. The lowest BCUT2D eigenvalue weighted by Crippen LogP contribution is -2.41. The monoisotopic (exact) mass is 388 g/mol. The van der Waals surface area contributed by atoms with Crippen LogP contribution in [0.4, 0.5) is 0 Å². The van der Waals surface area contributed by atoms with Gasteiger partial charge in [-0.1, -0.05) is 54.6 Å². The number of benzene rings is 3. The van der Waals surface area contributed by atoms with Crippen molar-refractivity contribution in [1.82, 2.24) is 10.9 Å². The second kappa shape index (κ2) is 9.32. The molecule has 3 rings (SSSR count). The van der Waals surface area contributed by atoms with Crippen LogP contribution in [0.3, 0.4) is 0 Å². The van der Waals surface area contributed by atoms with Crippen molar-refractivity contribution in [2.45, 2.75) is 6.42 Å². The molecule has 0 heterocycles. The van der Waals surface area contributed by atoms with Gasteiger partial charge in [-0.3, -0.25) is 20.4 Å². The van der Waals surface area contributed by atoms with Gasteiger partial charge in [-0.2, -0.15) is 0 Å². The lowest BCUT2D eigenvalue weighted by molar-refractivity contribution is -0.126. The van der Waals surface area contributed by atoms with E-state index in [1.54, 1.807) is 30.3 Å². The van der Waals surface area contributed by atoms with E-state index >= 15 is 0 Å². The number of esters is 1. The predicted molar refractivity (Wildman–Crippen MR) is 111 cm³/mol. The Kier molecular flexibility index (Phi) is 6.37. The number of rotatable bonds is 5. The zero-order valence-corrected chi connectivity index (χ0v) is 15.8. The van der Waals surface area contributed by atoms with Gasteiger partial charge in [0.15, 0.2) is 0 Å². The molecule has 0 aliphatic heterocycles. The summed E-state index contributed by atoms with van der Waals surface area (Å²) in [4.78, 5) is 35.5. The van der Waals surface area contributed by atoms with Crippen LogP contribution in [0.15, 0.2) is 72.8 Å². The molecule has 3 aromatic rings. The number of hydrogen-bond acceptors (Lipinski definition) is 4. The Labute approximate surface area is 168 Å². The molecular weight excluding hydrogens is 368 g/mol. The summed E-state index contributed by atoms with van der Waals surface area (Å²) < 4.78 is 4.63. The third-order valence-electron chi connectivity index (χ3n) is 4.32. The normalized spacial score (nSPS) is 10.7. The zero-order valence-electron chi connectivity index (χ0n) is 15.8. The number of amides is 2. The molecule has 6 heteroatoms. The fourth-order valence-electron chi connectivity index (χ4n) is 2.86. The van der Waals surface area contributed by atoms with Crippen LogP contribution in [0.5, 0.6) is 0 Å². The van der Waals surface area contributed by atoms with Gasteiger partial charge < -0.3 is 4.74 Å². The summed E-state index contributed by atoms with van der Waals surface area (Å²) in [7, 11) is 1.31. The highest BCUT2D eigenvalue weighted by molar-refractivity contribution is 5.95. The minimum atomic E-state index is -0.465. The first-order chi connectivity index (χ1) is 14.1. The first kappa shape index (κ1) is 19.8. The van der Waals surface area contributed by atoms with Gasteiger partial charge in [-0.25, -0.2) is 4.79 Å². The lowest BCUT2D eigenvalue weighted by Gasteiger charge is -2.08. The molecule has 2 amide bonds. The van der Waals surface area contributed by atoms with E-state index in [9.17, 15) is 14.4 Å². The molecule has 0 fully saturated rings. The van der Waals surface area contributed by atoms with E-state index in [1.165, 1.54) is 13.2 Å². The third-order valence-corrected chi connectivity index (χ3v) is 4.32. The topological polar surface area (TPSA) is 84.5 Å². The van der Waals surface area contributed by atoms with Crippen LogP contribution in [0.25, 0.3) is 16.8 Å². The number of hydrogen-bond donors (Lipinski definition) is 2. The third kappa shape index (κ3) is 5.29. The smallest absolute Gasteiger partial charge is 0.337 e. The summed E-state index contributed by atoms with van der Waals surface area (Å²) in [6, 6.07) is 20.2. The average Bonchev–Trinajstić information content (AvgIpc) is 2.76. The highest BCUT2D eigenvalue weighted by atomic mass is 16.5. The number of carbonyl (C=O) groups excluding carboxylic acids is 3. The Morgan fingerprint density at radius 1 is 0.897 bits per heavy atom. The summed E-state index contributed by atoms with van der Waals surface area (Å²) in [5, 5.41) is 2.06. The minimum absolute atomic E-state index is 0.153. The molecule has 0 bridgehead atoms. The van der Waals surface area contributed by atoms with Gasteiger partial charge in [-0.15, -0.1) is 0 Å². The van der Waals surface area contributed by atoms with E-state index in [0.717, 1.165) is 21.9 Å². The summed E-state index contributed by atoms with van der Waals surface area (Å²) >= 11 is 0. The van der Waals surface area contributed by atoms with Crippen molar-refractivity contribution in [3.63, 3.8) is 0 Å². The van der Waals surface area contributed by atoms with Crippen molar-refractivity contribution in [2.24, 2.45) is 0 Å². The molecule has 0 saturated heterocycles. The van der Waals surface area contributed by atoms with Crippen LogP contribution in [0, 0.1) is 0 Å². The number of carbonyl (C=O) groups is 3. The molecule has 29 heavy (non-hydrogen) atoms. The van der Waals surface area contributed by atoms with E-state index in [-0.39, 0.29) is 12.3 Å². The molecule has 0 saturated carbocycles. The Hall–Kier alpha value is -3.93. The summed E-state index contributed by atoms with van der Waals surface area (Å²) in [5.74, 6) is -1.20. The maximum atomic E-state index is 12.2. The fourth-order valence-corrected chi connectivity index (χ4v) is 2.86. The first-order valence-electron chi connectivity index (χ1n) is 8.99. The van der Waals surface area contributed by atoms with Crippen molar-refractivity contribution in [2.75, 3.05) is 7.11 Å². The molecule has 146 valence electrons. The molecule has 6 nitrogen and oxygen atoms in total. The number of ether oxygens (including phenoxy) is 1. The predicted octanol–water partition coefficient (Wildman–Crippen LogP) is 3.03. The summed E-state index contributed by atoms with van der Waals surface area (Å²) in [5.41, 5.74) is 6.82. The SMILES string of the molecule is COC(=O)c1ccc(/C=C/C(=O)NNC(=O)Cc2cccc3ccccc23)cc1. The number of hydrazine groups is 1. The van der Waals surface area contributed by atoms with Gasteiger partial charge in [-0.05, 0) is 40.1 Å². The maximum absolute atomic E-state index is 12.2. The Balaban J connectivity index is 1.53. The second-order valence-corrected chi connectivity index (χ2v) is 6.30. The van der Waals surface area contributed by atoms with Crippen LogP contribution < -0.4 is 10.9 Å². The highest BCUT2D eigenvalue weighted by Gasteiger charge is 2.07. The van der Waals surface area contributed by atoms with Crippen molar-refractivity contribution in [3.05, 3.63) is 89.5 Å². The standard InChI is InChI=1S/C23H20N2O4/c1-29-23(28)18-12-9-16(10-13-18)11-14-21(26)24-25-22(27)15-19-7-4-6-17-5-2-3-8-20(17)19/h2-14H,15H2,1H3,(H,24,26)(H,25,27)/b14-11+. The van der Waals surface area contributed by atoms with Gasteiger partial charge in [0.2, 0.25) is 5.91 Å². The molecule has 0 unspecified atom stereocenters. The molecule has 2 N–H and O–H groups in total. The molecule has 0 radical (unpaired) electrons. The quantitative estimate of drug-likeness (QED) is 0.400. The van der Waals surface area contributed by atoms with Crippen LogP contribution in [0.1, 0.15) is 21.5 Å². The average molecular weight is 388 g/mol. The van der Waals surface area contributed by atoms with Crippen LogP contribution >= 0.6 is 0 Å². The van der Waals surface area contributed by atoms with Crippen molar-refractivity contribution in [1.29, 1.82) is 0 Å². The molecular formula is C23H20N2O4. The Morgan fingerprint density at radius 2 is 1.62 bits per heavy atom. The highest BCUT2D eigenvalue weighted by Crippen LogP contribution is 2.18. The number of nitrogens with one attached hydrogen (secondary N) is 2. The zero-order chi connectivity index (χ0) is 20.6. The Morgan fingerprint density at radius 3 is 2.38 bits per heavy atom. The first-order valence-corrected chi connectivity index (χ1v) is 8.99. The van der Waals surface area contributed by atoms with Crippen molar-refractivity contribution < 1.29 is 19.1 Å². The van der Waals surface area contributed by atoms with E-state index in [4.69, 9.17) is 0 Å².